The first-order valence-corrected chi connectivity index (χ1v) is 37.4. The number of anilines is 3. The van der Waals surface area contributed by atoms with E-state index in [1.165, 1.54) is 52.4 Å². The number of carbonyl (C=O) groups is 6. The van der Waals surface area contributed by atoms with E-state index < -0.39 is 0 Å². The molecule has 107 heavy (non-hydrogen) atoms. The minimum atomic E-state index is -0.287. The number of allylic oxidation sites excluding steroid dienone is 1. The van der Waals surface area contributed by atoms with Crippen LogP contribution >= 0.6 is 0 Å². The molecule has 7 aromatic rings. The number of imide groups is 3. The van der Waals surface area contributed by atoms with Crippen LogP contribution < -0.4 is 43.1 Å². The summed E-state index contributed by atoms with van der Waals surface area (Å²) in [6, 6.07) is 41.2. The zero-order valence-corrected chi connectivity index (χ0v) is 62.6. The van der Waals surface area contributed by atoms with Gasteiger partial charge in [0, 0.05) is 103 Å². The molecule has 10 aliphatic rings. The Labute approximate surface area is 626 Å². The zero-order valence-electron chi connectivity index (χ0n) is 62.6. The topological polar surface area (TPSA) is 207 Å². The van der Waals surface area contributed by atoms with Crippen LogP contribution in [0.25, 0.3) is 0 Å². The number of nitrogens with zero attached hydrogens (tertiary/aromatic N) is 9. The van der Waals surface area contributed by atoms with Crippen molar-refractivity contribution >= 4 is 52.5 Å². The molecular weight excluding hydrogens is 1350 g/mol. The number of amides is 6. The molecule has 0 radical (unpaired) electrons. The molecule has 0 unspecified atom stereocenters. The van der Waals surface area contributed by atoms with Crippen LogP contribution in [0.4, 0.5) is 17.1 Å². The van der Waals surface area contributed by atoms with Crippen LogP contribution in [0.5, 0.6) is 40.2 Å². The number of benzene rings is 7. The monoisotopic (exact) mass is 1450 g/mol. The number of fused-ring (bicyclic) bond motifs is 3. The van der Waals surface area contributed by atoms with Gasteiger partial charge in [0.15, 0.2) is 34.5 Å². The largest absolute Gasteiger partial charge is 0.508 e. The van der Waals surface area contributed by atoms with E-state index in [0.29, 0.717) is 80.2 Å². The lowest BCUT2D eigenvalue weighted by atomic mass is 9.54. The molecule has 3 saturated heterocycles. The Bertz CT molecular complexity index is 4530. The SMILES string of the molecule is C/C=C(\C)CN1CCN(c2cccc3c2C(=O)N(Cc2ccc(OC)c(OC)c2)C3=O)CC1.COc1ccc(CN2C(=O)c3cccc(N4CCN(C5C6CC7CC(C6)CC5C7)CC4)c3C2=O)cc1OC.COc1ccc(CN2C(=O)c3cccc(N4CCN(Cc5ccccc5O)CC4)c3C2=O)cc1OC. The minimum Gasteiger partial charge on any atom is -0.508 e. The van der Waals surface area contributed by atoms with E-state index in [1.54, 1.807) is 97.3 Å². The van der Waals surface area contributed by atoms with Gasteiger partial charge in [-0.15, -0.1) is 0 Å². The summed E-state index contributed by atoms with van der Waals surface area (Å²) in [7, 11) is 9.43. The van der Waals surface area contributed by atoms with Gasteiger partial charge in [0.25, 0.3) is 35.4 Å². The van der Waals surface area contributed by atoms with Gasteiger partial charge in [0.2, 0.25) is 0 Å². The number of aromatic hydroxyl groups is 1. The molecule has 7 aromatic carbocycles. The molecule has 4 bridgehead atoms. The zero-order chi connectivity index (χ0) is 74.7. The van der Waals surface area contributed by atoms with Crippen molar-refractivity contribution in [3.05, 3.63) is 201 Å². The molecule has 0 aromatic heterocycles. The smallest absolute Gasteiger partial charge is 0.263 e. The summed E-state index contributed by atoms with van der Waals surface area (Å²) in [5.41, 5.74) is 10.2. The highest BCUT2D eigenvalue weighted by Crippen LogP contribution is 2.55. The Morgan fingerprint density at radius 1 is 0.393 bits per heavy atom. The lowest BCUT2D eigenvalue weighted by Gasteiger charge is -2.58. The second kappa shape index (κ2) is 32.0. The second-order valence-electron chi connectivity index (χ2n) is 29.5. The van der Waals surface area contributed by atoms with Crippen molar-refractivity contribution in [1.29, 1.82) is 0 Å². The van der Waals surface area contributed by atoms with E-state index in [1.807, 2.05) is 78.9 Å². The van der Waals surface area contributed by atoms with Gasteiger partial charge in [0.05, 0.1) is 113 Å². The molecule has 7 fully saturated rings. The fourth-order valence-corrected chi connectivity index (χ4v) is 18.0. The molecular formula is C85H97N9O13. The number of phenols is 1. The molecule has 560 valence electrons. The molecule has 0 spiro atoms. The standard InChI is InChI=1S/C31H37N3O4.C28H29N3O5.C26H31N3O4/c1-37-26-7-6-19(17-27(26)38-2)18-34-30(35)24-4-3-5-25(28(24)31(34)36)32-8-10-33(11-9-32)29-22-13-20-12-21(15-22)16-23(29)14-20;1-35-24-11-10-19(16-25(24)36-2)17-31-27(33)21-7-5-8-22(26(21)28(31)34)30-14-12-29(13-15-30)18-20-6-3-4-9-23(20)32;1-5-18(2)16-27-11-13-28(14-12-27)21-8-6-7-20-24(21)26(31)29(25(20)30)17-19-9-10-22(32-3)23(15-19)33-4/h3-7,17,20-23,29H,8-16,18H2,1-2H3;3-11,16,32H,12-15,17-18H2,1-2H3;5-10,15H,11-14,16-17H2,1-4H3/b;;18-5+. The molecule has 4 saturated carbocycles. The molecule has 6 aliphatic heterocycles. The number of hydrogen-bond donors (Lipinski definition) is 1. The maximum absolute atomic E-state index is 13.6. The fourth-order valence-electron chi connectivity index (χ4n) is 18.0. The van der Waals surface area contributed by atoms with Gasteiger partial charge in [0.1, 0.15) is 5.75 Å². The van der Waals surface area contributed by atoms with Crippen LogP contribution in [0.2, 0.25) is 0 Å². The maximum atomic E-state index is 13.6. The van der Waals surface area contributed by atoms with Crippen molar-refractivity contribution in [3.63, 3.8) is 0 Å². The average molecular weight is 1450 g/mol. The van der Waals surface area contributed by atoms with Gasteiger partial charge < -0.3 is 48.2 Å². The predicted octanol–water partition coefficient (Wildman–Crippen LogP) is 11.6. The quantitative estimate of drug-likeness (QED) is 0.0556. The average Bonchev–Trinajstić information content (AvgIpc) is 1.16. The van der Waals surface area contributed by atoms with Crippen molar-refractivity contribution in [1.82, 2.24) is 29.4 Å². The lowest BCUT2D eigenvalue weighted by molar-refractivity contribution is -0.0665. The Morgan fingerprint density at radius 2 is 0.748 bits per heavy atom. The molecule has 0 atom stereocenters. The number of rotatable bonds is 20. The van der Waals surface area contributed by atoms with Gasteiger partial charge in [-0.2, -0.15) is 0 Å². The van der Waals surface area contributed by atoms with Crippen molar-refractivity contribution in [2.75, 3.05) is 142 Å². The first-order chi connectivity index (χ1) is 52.0. The number of ether oxygens (including phenoxy) is 6. The van der Waals surface area contributed by atoms with E-state index in [2.05, 4.69) is 49.3 Å². The number of piperazine rings is 3. The summed E-state index contributed by atoms with van der Waals surface area (Å²) in [6.45, 7) is 16.8. The highest BCUT2D eigenvalue weighted by atomic mass is 16.5. The number of hydrogen-bond acceptors (Lipinski definition) is 19. The van der Waals surface area contributed by atoms with Crippen LogP contribution in [-0.4, -0.2) is 204 Å². The van der Waals surface area contributed by atoms with Gasteiger partial charge in [-0.25, -0.2) is 0 Å². The first-order valence-electron chi connectivity index (χ1n) is 37.4. The van der Waals surface area contributed by atoms with E-state index in [-0.39, 0.29) is 55.1 Å². The molecule has 22 nitrogen and oxygen atoms in total. The highest BCUT2D eigenvalue weighted by molar-refractivity contribution is 6.25. The Morgan fingerprint density at radius 3 is 1.10 bits per heavy atom. The Hall–Kier alpha value is -10.4. The van der Waals surface area contributed by atoms with Gasteiger partial charge >= 0.3 is 0 Å². The highest BCUT2D eigenvalue weighted by Gasteiger charge is 2.51. The van der Waals surface area contributed by atoms with Gasteiger partial charge in [-0.1, -0.05) is 66.2 Å². The molecule has 4 aliphatic carbocycles. The molecule has 6 heterocycles. The maximum Gasteiger partial charge on any atom is 0.263 e. The van der Waals surface area contributed by atoms with Crippen LogP contribution in [0, 0.1) is 23.7 Å². The third-order valence-corrected chi connectivity index (χ3v) is 23.3. The van der Waals surface area contributed by atoms with Crippen molar-refractivity contribution in [2.45, 2.75) is 78.2 Å². The van der Waals surface area contributed by atoms with Gasteiger partial charge in [-0.05, 0) is 165 Å². The summed E-state index contributed by atoms with van der Waals surface area (Å²) in [4.78, 5) is 98.4. The second-order valence-corrected chi connectivity index (χ2v) is 29.5. The van der Waals surface area contributed by atoms with E-state index >= 15 is 0 Å². The number of phenolic OH excluding ortho intramolecular Hbond substituents is 1. The van der Waals surface area contributed by atoms with Crippen LogP contribution in [0.1, 0.15) is 130 Å². The summed E-state index contributed by atoms with van der Waals surface area (Å²) >= 11 is 0. The fraction of sp³-hybridized carbons (Fsp3) is 0.412. The molecule has 17 rings (SSSR count). The normalized spacial score (nSPS) is 21.3. The Kier molecular flexibility index (Phi) is 21.9. The van der Waals surface area contributed by atoms with E-state index in [0.717, 1.165) is 154 Å². The van der Waals surface area contributed by atoms with Crippen molar-refractivity contribution < 1.29 is 62.3 Å². The first kappa shape index (κ1) is 73.5. The molecule has 1 N–H and O–H groups in total. The minimum absolute atomic E-state index is 0.153. The number of para-hydroxylation sites is 1. The lowest BCUT2D eigenvalue weighted by Crippen LogP contribution is -2.60. The Balaban J connectivity index is 0.000000135. The van der Waals surface area contributed by atoms with Gasteiger partial charge in [-0.3, -0.25) is 58.2 Å². The van der Waals surface area contributed by atoms with Crippen molar-refractivity contribution in [2.24, 2.45) is 23.7 Å². The van der Waals surface area contributed by atoms with Crippen LogP contribution in [0.15, 0.2) is 145 Å². The molecule has 22 heteroatoms. The number of methoxy groups -OCH3 is 6. The summed E-state index contributed by atoms with van der Waals surface area (Å²) in [5.74, 6) is 6.09. The molecule has 6 amide bonds. The van der Waals surface area contributed by atoms with Crippen LogP contribution in [-0.2, 0) is 26.2 Å². The summed E-state index contributed by atoms with van der Waals surface area (Å²) in [6.07, 6.45) is 9.40. The number of carbonyl (C=O) groups excluding carboxylic acids is 6. The summed E-state index contributed by atoms with van der Waals surface area (Å²) < 4.78 is 32.1. The summed E-state index contributed by atoms with van der Waals surface area (Å²) in [5, 5.41) is 10.1. The van der Waals surface area contributed by atoms with E-state index in [9.17, 15) is 33.9 Å². The third-order valence-electron chi connectivity index (χ3n) is 23.3. The van der Waals surface area contributed by atoms with E-state index in [4.69, 9.17) is 28.4 Å². The van der Waals surface area contributed by atoms with Crippen LogP contribution in [0.3, 0.4) is 0 Å². The third kappa shape index (κ3) is 14.8. The predicted molar refractivity (Wildman–Crippen MR) is 409 cm³/mol. The van der Waals surface area contributed by atoms with Crippen molar-refractivity contribution in [3.8, 4) is 40.2 Å².